The van der Waals surface area contributed by atoms with Gasteiger partial charge in [0.15, 0.2) is 5.78 Å². The van der Waals surface area contributed by atoms with Crippen LogP contribution in [-0.2, 0) is 0 Å². The van der Waals surface area contributed by atoms with E-state index in [1.807, 2.05) is 13.8 Å². The number of halogens is 2. The second kappa shape index (κ2) is 5.71. The molecule has 1 saturated heterocycles. The quantitative estimate of drug-likeness (QED) is 0.778. The molecule has 1 atom stereocenters. The minimum atomic E-state index is -0.599. The summed E-state index contributed by atoms with van der Waals surface area (Å²) in [5.41, 5.74) is -0.413. The first-order valence-electron chi connectivity index (χ1n) is 6.74. The van der Waals surface area contributed by atoms with Crippen LogP contribution in [0.25, 0.3) is 0 Å². The molecule has 0 bridgehead atoms. The van der Waals surface area contributed by atoms with E-state index < -0.39 is 11.4 Å². The fraction of sp³-hybridized carbons (Fsp3) is 0.533. The lowest BCUT2D eigenvalue weighted by Crippen LogP contribution is -2.50. The zero-order chi connectivity index (χ0) is 14.0. The highest BCUT2D eigenvalue weighted by Gasteiger charge is 2.40. The van der Waals surface area contributed by atoms with Crippen molar-refractivity contribution < 1.29 is 9.18 Å². The Kier molecular flexibility index (Phi) is 4.41. The number of hydrogen-bond donors (Lipinski definition) is 0. The molecule has 104 valence electrons. The number of carbonyl (C=O) groups is 1. The maximum atomic E-state index is 13.9. The lowest BCUT2D eigenvalue weighted by atomic mass is 9.87. The molecule has 4 heteroatoms. The van der Waals surface area contributed by atoms with Gasteiger partial charge in [-0.3, -0.25) is 9.69 Å². The second-order valence-corrected chi connectivity index (χ2v) is 6.19. The summed E-state index contributed by atoms with van der Waals surface area (Å²) in [4.78, 5) is 14.9. The van der Waals surface area contributed by atoms with Crippen LogP contribution in [0.1, 0.15) is 43.5 Å². The zero-order valence-corrected chi connectivity index (χ0v) is 13.0. The van der Waals surface area contributed by atoms with Crippen molar-refractivity contribution in [2.75, 3.05) is 13.1 Å². The summed E-state index contributed by atoms with van der Waals surface area (Å²) < 4.78 is 14.6. The summed E-state index contributed by atoms with van der Waals surface area (Å²) in [5, 5.41) is 0. The first kappa shape index (κ1) is 14.7. The third-order valence-corrected chi connectivity index (χ3v) is 4.65. The van der Waals surface area contributed by atoms with Crippen LogP contribution in [0.2, 0.25) is 0 Å². The van der Waals surface area contributed by atoms with Crippen molar-refractivity contribution >= 4 is 21.7 Å². The van der Waals surface area contributed by atoms with Gasteiger partial charge in [-0.1, -0.05) is 22.9 Å². The van der Waals surface area contributed by atoms with Crippen molar-refractivity contribution in [3.05, 3.63) is 34.1 Å². The fourth-order valence-corrected chi connectivity index (χ4v) is 3.06. The highest BCUT2D eigenvalue weighted by atomic mass is 79.9. The molecular weight excluding hydrogens is 309 g/mol. The number of rotatable bonds is 4. The number of carbonyl (C=O) groups excluding carboxylic acids is 1. The minimum Gasteiger partial charge on any atom is -0.292 e. The predicted molar refractivity (Wildman–Crippen MR) is 77.9 cm³/mol. The van der Waals surface area contributed by atoms with Gasteiger partial charge in [0.25, 0.3) is 0 Å². The van der Waals surface area contributed by atoms with E-state index in [9.17, 15) is 9.18 Å². The van der Waals surface area contributed by atoms with Gasteiger partial charge in [0.1, 0.15) is 5.82 Å². The zero-order valence-electron chi connectivity index (χ0n) is 11.4. The predicted octanol–water partition coefficient (Wildman–Crippen LogP) is 4.04. The van der Waals surface area contributed by atoms with E-state index in [1.54, 1.807) is 12.1 Å². The number of benzene rings is 1. The lowest BCUT2D eigenvalue weighted by Gasteiger charge is -2.36. The summed E-state index contributed by atoms with van der Waals surface area (Å²) in [5.74, 6) is -0.553. The molecule has 2 nitrogen and oxygen atoms in total. The fourth-order valence-electron chi connectivity index (χ4n) is 2.70. The van der Waals surface area contributed by atoms with Gasteiger partial charge in [0.05, 0.1) is 11.1 Å². The summed E-state index contributed by atoms with van der Waals surface area (Å²) in [6, 6.07) is 4.55. The van der Waals surface area contributed by atoms with Crippen LogP contribution in [-0.4, -0.2) is 29.3 Å². The Morgan fingerprint density at radius 3 is 2.63 bits per heavy atom. The van der Waals surface area contributed by atoms with Crippen LogP contribution < -0.4 is 0 Å². The largest absolute Gasteiger partial charge is 0.292 e. The first-order chi connectivity index (χ1) is 8.99. The molecule has 1 aliphatic rings. The topological polar surface area (TPSA) is 20.3 Å². The number of Topliss-reactive ketones (excluding diaryl/α,β-unsaturated/α-hetero) is 1. The molecule has 1 heterocycles. The highest BCUT2D eigenvalue weighted by molar-refractivity contribution is 9.10. The van der Waals surface area contributed by atoms with Crippen LogP contribution in [0.3, 0.4) is 0 Å². The van der Waals surface area contributed by atoms with E-state index in [0.717, 1.165) is 30.4 Å². The Bertz CT molecular complexity index is 485. The van der Waals surface area contributed by atoms with Gasteiger partial charge >= 0.3 is 0 Å². The molecule has 1 aromatic carbocycles. The summed E-state index contributed by atoms with van der Waals surface area (Å²) in [7, 11) is 0. The third-order valence-electron chi connectivity index (χ3n) is 4.15. The average Bonchev–Trinajstić information content (AvgIpc) is 2.94. The van der Waals surface area contributed by atoms with Crippen LogP contribution in [0.5, 0.6) is 0 Å². The number of ketones is 1. The molecule has 1 aromatic rings. The maximum absolute atomic E-state index is 13.9. The molecule has 0 N–H and O–H groups in total. The van der Waals surface area contributed by atoms with Crippen molar-refractivity contribution in [2.45, 2.75) is 38.6 Å². The Balaban J connectivity index is 2.37. The van der Waals surface area contributed by atoms with Gasteiger partial charge in [-0.05, 0) is 57.5 Å². The molecule has 1 aliphatic heterocycles. The number of nitrogens with zero attached hydrogens (tertiary/aromatic N) is 1. The maximum Gasteiger partial charge on any atom is 0.185 e. The van der Waals surface area contributed by atoms with Crippen molar-refractivity contribution in [2.24, 2.45) is 0 Å². The van der Waals surface area contributed by atoms with E-state index in [4.69, 9.17) is 0 Å². The van der Waals surface area contributed by atoms with E-state index >= 15 is 0 Å². The molecule has 0 saturated carbocycles. The van der Waals surface area contributed by atoms with Gasteiger partial charge in [0, 0.05) is 4.47 Å². The second-order valence-electron chi connectivity index (χ2n) is 5.27. The summed E-state index contributed by atoms with van der Waals surface area (Å²) >= 11 is 3.30. The van der Waals surface area contributed by atoms with Crippen LogP contribution >= 0.6 is 15.9 Å². The van der Waals surface area contributed by atoms with Gasteiger partial charge in [-0.25, -0.2) is 4.39 Å². The number of hydrogen-bond acceptors (Lipinski definition) is 2. The van der Waals surface area contributed by atoms with Gasteiger partial charge in [-0.15, -0.1) is 0 Å². The van der Waals surface area contributed by atoms with E-state index in [0.29, 0.717) is 6.42 Å². The molecule has 2 rings (SSSR count). The van der Waals surface area contributed by atoms with Gasteiger partial charge in [0.2, 0.25) is 0 Å². The molecular formula is C15H19BrFNO. The van der Waals surface area contributed by atoms with Crippen molar-refractivity contribution in [1.29, 1.82) is 0 Å². The Hall–Kier alpha value is -0.740. The molecule has 1 fully saturated rings. The SMILES string of the molecule is CCC(C)(C(=O)c1cc(Br)ccc1F)N1CCCC1. The smallest absolute Gasteiger partial charge is 0.185 e. The molecule has 1 unspecified atom stereocenters. The molecule has 0 radical (unpaired) electrons. The Morgan fingerprint density at radius 1 is 1.42 bits per heavy atom. The van der Waals surface area contributed by atoms with E-state index in [-0.39, 0.29) is 11.3 Å². The van der Waals surface area contributed by atoms with E-state index in [2.05, 4.69) is 20.8 Å². The lowest BCUT2D eigenvalue weighted by molar-refractivity contribution is 0.0643. The summed E-state index contributed by atoms with van der Waals surface area (Å²) in [6.45, 7) is 5.77. The highest BCUT2D eigenvalue weighted by Crippen LogP contribution is 2.30. The van der Waals surface area contributed by atoms with Gasteiger partial charge < -0.3 is 0 Å². The Labute approximate surface area is 122 Å². The molecule has 0 aliphatic carbocycles. The average molecular weight is 328 g/mol. The first-order valence-corrected chi connectivity index (χ1v) is 7.53. The summed E-state index contributed by atoms with van der Waals surface area (Å²) in [6.07, 6.45) is 2.92. The van der Waals surface area contributed by atoms with Crippen molar-refractivity contribution in [3.63, 3.8) is 0 Å². The number of likely N-dealkylation sites (tertiary alicyclic amines) is 1. The Morgan fingerprint density at radius 2 is 2.05 bits per heavy atom. The third kappa shape index (κ3) is 2.75. The van der Waals surface area contributed by atoms with Crippen molar-refractivity contribution in [1.82, 2.24) is 4.90 Å². The standard InChI is InChI=1S/C15H19BrFNO/c1-3-15(2,18-8-4-5-9-18)14(19)12-10-11(16)6-7-13(12)17/h6-7,10H,3-5,8-9H2,1-2H3. The van der Waals surface area contributed by atoms with Crippen molar-refractivity contribution in [3.8, 4) is 0 Å². The molecule has 0 amide bonds. The van der Waals surface area contributed by atoms with Crippen LogP contribution in [0.15, 0.2) is 22.7 Å². The van der Waals surface area contributed by atoms with Gasteiger partial charge in [-0.2, -0.15) is 0 Å². The monoisotopic (exact) mass is 327 g/mol. The molecule has 0 spiro atoms. The normalized spacial score (nSPS) is 19.4. The van der Waals surface area contributed by atoms with E-state index in [1.165, 1.54) is 6.07 Å². The molecule has 0 aromatic heterocycles. The van der Waals surface area contributed by atoms with Crippen LogP contribution in [0.4, 0.5) is 4.39 Å². The molecule has 19 heavy (non-hydrogen) atoms. The minimum absolute atomic E-state index is 0.115. The van der Waals surface area contributed by atoms with Crippen LogP contribution in [0, 0.1) is 5.82 Å².